The maximum absolute atomic E-state index is 12.7. The number of furan rings is 1. The second kappa shape index (κ2) is 33.1. The fraction of sp³-hybridized carbons (Fsp3) is 0.213. The summed E-state index contributed by atoms with van der Waals surface area (Å²) in [6.45, 7) is 6.16. The van der Waals surface area contributed by atoms with E-state index in [2.05, 4.69) is 80.6 Å². The van der Waals surface area contributed by atoms with Crippen LogP contribution in [-0.4, -0.2) is 152 Å². The van der Waals surface area contributed by atoms with Gasteiger partial charge in [-0.05, 0) is 105 Å². The summed E-state index contributed by atoms with van der Waals surface area (Å²) in [5, 5.41) is 20.7. The Bertz CT molecular complexity index is 5300. The Morgan fingerprint density at radius 3 is 1.37 bits per heavy atom. The van der Waals surface area contributed by atoms with Crippen LogP contribution in [0.3, 0.4) is 0 Å². The number of rotatable bonds is 23. The molecule has 1 atom stereocenters. The van der Waals surface area contributed by atoms with Crippen molar-refractivity contribution in [2.45, 2.75) is 45.4 Å². The zero-order valence-corrected chi connectivity index (χ0v) is 60.5. The Balaban J connectivity index is 0.000000135. The van der Waals surface area contributed by atoms with E-state index in [9.17, 15) is 9.90 Å². The number of hydrogen-bond acceptors (Lipinski definition) is 24. The Morgan fingerprint density at radius 2 is 0.963 bits per heavy atom. The number of carbonyl (C=O) groups is 1. The molecule has 0 aliphatic carbocycles. The lowest BCUT2D eigenvalue weighted by Gasteiger charge is -2.35. The number of benzene rings is 6. The summed E-state index contributed by atoms with van der Waals surface area (Å²) in [5.41, 5.74) is 6.44. The van der Waals surface area contributed by atoms with Crippen molar-refractivity contribution in [2.75, 3.05) is 86.4 Å². The minimum Gasteiger partial charge on any atom is -0.497 e. The van der Waals surface area contributed by atoms with Crippen LogP contribution in [0.2, 0.25) is 15.1 Å². The van der Waals surface area contributed by atoms with E-state index in [0.717, 1.165) is 75.7 Å². The molecule has 0 saturated carbocycles. The highest BCUT2D eigenvalue weighted by Crippen LogP contribution is 2.38. The van der Waals surface area contributed by atoms with Crippen LogP contribution in [0.25, 0.3) is 38.9 Å². The van der Waals surface area contributed by atoms with E-state index in [1.165, 1.54) is 6.26 Å². The van der Waals surface area contributed by atoms with E-state index < -0.39 is 0 Å². The van der Waals surface area contributed by atoms with Gasteiger partial charge in [0, 0.05) is 75.3 Å². The average molecular weight is 1500 g/mol. The van der Waals surface area contributed by atoms with Crippen LogP contribution >= 0.6 is 34.8 Å². The first kappa shape index (κ1) is 71.5. The van der Waals surface area contributed by atoms with Gasteiger partial charge in [0.15, 0.2) is 5.76 Å². The fourth-order valence-electron chi connectivity index (χ4n) is 11.8. The molecule has 1 unspecified atom stereocenters. The van der Waals surface area contributed by atoms with Crippen molar-refractivity contribution in [1.82, 2.24) is 74.3 Å². The van der Waals surface area contributed by atoms with Gasteiger partial charge in [-0.15, -0.1) is 0 Å². The monoisotopic (exact) mass is 1500 g/mol. The molecule has 2 aliphatic heterocycles. The van der Waals surface area contributed by atoms with Crippen LogP contribution in [-0.2, 0) is 19.6 Å². The summed E-state index contributed by atoms with van der Waals surface area (Å²) in [7, 11) is 4.73. The summed E-state index contributed by atoms with van der Waals surface area (Å²) in [6.07, 6.45) is 6.95. The lowest BCUT2D eigenvalue weighted by molar-refractivity contribution is 0.0714. The minimum absolute atomic E-state index is 0.00977. The molecular weight excluding hydrogens is 1430 g/mol. The predicted molar refractivity (Wildman–Crippen MR) is 407 cm³/mol. The SMILES string of the molecule is COc1ccc(Oc2cc(-n3cnc(C)c3)nc(NCc3nc4ccccc4[nH]3)n2)c(Cl)c1.COc1ccc(Oc2cc(N3CCCC3CO)nc(NCc3nc4ccccc4[nH]3)n2)c(Cl)c1.COc1ccc(Oc2cc(N3CCN(C(=O)c4ccco4)CC3)nc(NCc3nc4ccccc4[nH]3)n2)c(Cl)c1. The van der Waals surface area contributed by atoms with Gasteiger partial charge in [0.25, 0.3) is 5.91 Å². The van der Waals surface area contributed by atoms with Gasteiger partial charge < -0.3 is 83.5 Å². The first-order valence-corrected chi connectivity index (χ1v) is 35.1. The molecular formula is C75H71Cl3N20O9. The molecule has 14 aromatic rings. The molecule has 0 spiro atoms. The van der Waals surface area contributed by atoms with Gasteiger partial charge in [0.1, 0.15) is 75.8 Å². The topological polar surface area (TPSA) is 333 Å². The molecule has 29 nitrogen and oxygen atoms in total. The van der Waals surface area contributed by atoms with Crippen LogP contribution in [0, 0.1) is 6.92 Å². The lowest BCUT2D eigenvalue weighted by atomic mass is 10.2. The molecule has 107 heavy (non-hydrogen) atoms. The number of halogens is 3. The van der Waals surface area contributed by atoms with Gasteiger partial charge >= 0.3 is 0 Å². The molecule has 2 aliphatic rings. The van der Waals surface area contributed by atoms with Crippen molar-refractivity contribution in [2.24, 2.45) is 0 Å². The van der Waals surface area contributed by atoms with Gasteiger partial charge in [-0.1, -0.05) is 71.2 Å². The largest absolute Gasteiger partial charge is 0.497 e. The first-order valence-electron chi connectivity index (χ1n) is 34.0. The zero-order valence-electron chi connectivity index (χ0n) is 58.2. The minimum atomic E-state index is -0.126. The van der Waals surface area contributed by atoms with Crippen molar-refractivity contribution >= 4 is 103 Å². The molecule has 10 heterocycles. The third kappa shape index (κ3) is 17.7. The zero-order chi connectivity index (χ0) is 73.8. The number of carbonyl (C=O) groups excluding carboxylic acids is 1. The number of amides is 1. The quantitative estimate of drug-likeness (QED) is 0.0313. The van der Waals surface area contributed by atoms with Gasteiger partial charge in [-0.25, -0.2) is 19.9 Å². The summed E-state index contributed by atoms with van der Waals surface area (Å²) in [4.78, 5) is 74.2. The van der Waals surface area contributed by atoms with E-state index >= 15 is 0 Å². The molecule has 7 N–H and O–H groups in total. The number of H-pyrrole nitrogens is 3. The summed E-state index contributed by atoms with van der Waals surface area (Å²) in [6, 6.07) is 47.7. The van der Waals surface area contributed by atoms with Gasteiger partial charge in [-0.3, -0.25) is 9.36 Å². The number of methoxy groups -OCH3 is 3. The van der Waals surface area contributed by atoms with E-state index in [4.69, 9.17) is 77.6 Å². The maximum atomic E-state index is 12.7. The van der Waals surface area contributed by atoms with Crippen LogP contribution in [0.4, 0.5) is 29.5 Å². The Hall–Kier alpha value is -12.4. The van der Waals surface area contributed by atoms with Crippen LogP contribution < -0.4 is 54.2 Å². The standard InChI is InChI=1S/C28H26ClN7O4.C24H25ClN6O3.C23H20ClN7O2/c1-38-18-8-9-22(19(29)15-18)40-26-16-25(35-10-12-36(13-11-35)27(37)23-7-4-14-39-23)33-28(34-26)30-17-24-31-20-5-2-3-6-21(20)32-24;1-33-16-8-9-20(17(25)11-16)34-23-12-22(31-10-4-5-15(31)14-32)29-24(30-23)26-13-21-27-18-6-2-3-7-19(18)28-21;1-14-12-31(13-26-14)21-10-22(33-19-8-7-15(32-2)9-16(19)24)30-23(29-21)25-11-20-27-17-5-3-4-6-18(17)28-20/h2-9,14-16H,10-13,17H2,1H3,(H,31,32)(H,30,33,34);2-3,6-9,11-12,15,32H,4-5,10,13-14H2,1H3,(H,27,28)(H,26,29,30);3-10,12-13H,11H2,1-2H3,(H,27,28)(H,25,29,30). The molecule has 6 aromatic carbocycles. The van der Waals surface area contributed by atoms with Crippen molar-refractivity contribution in [3.8, 4) is 58.0 Å². The van der Waals surface area contributed by atoms with Crippen molar-refractivity contribution < 1.29 is 42.7 Å². The Kier molecular flexibility index (Phi) is 22.1. The Morgan fingerprint density at radius 1 is 0.523 bits per heavy atom. The third-order valence-corrected chi connectivity index (χ3v) is 18.1. The molecule has 0 bridgehead atoms. The highest BCUT2D eigenvalue weighted by atomic mass is 35.5. The number of para-hydroxylation sites is 6. The molecule has 546 valence electrons. The number of aliphatic hydroxyl groups is 1. The normalized spacial score (nSPS) is 13.4. The number of aromatic nitrogens is 14. The number of imidazole rings is 4. The van der Waals surface area contributed by atoms with Crippen LogP contribution in [0.5, 0.6) is 52.1 Å². The van der Waals surface area contributed by atoms with E-state index in [-0.39, 0.29) is 18.6 Å². The molecule has 1 amide bonds. The summed E-state index contributed by atoms with van der Waals surface area (Å²) >= 11 is 19.1. The van der Waals surface area contributed by atoms with Gasteiger partial charge in [-0.2, -0.15) is 29.9 Å². The highest BCUT2D eigenvalue weighted by Gasteiger charge is 2.28. The number of aryl methyl sites for hydroxylation is 1. The fourth-order valence-corrected chi connectivity index (χ4v) is 12.4. The first-order chi connectivity index (χ1) is 52.2. The number of anilines is 5. The van der Waals surface area contributed by atoms with Crippen LogP contribution in [0.1, 0.15) is 46.6 Å². The van der Waals surface area contributed by atoms with Gasteiger partial charge in [0.2, 0.25) is 35.5 Å². The average Bonchev–Trinajstić information content (AvgIpc) is 1.39. The smallest absolute Gasteiger partial charge is 0.289 e. The predicted octanol–water partition coefficient (Wildman–Crippen LogP) is 14.3. The molecule has 0 radical (unpaired) electrons. The number of hydrogen-bond donors (Lipinski definition) is 7. The second-order valence-electron chi connectivity index (χ2n) is 24.4. The summed E-state index contributed by atoms with van der Waals surface area (Å²) < 4.78 is 40.8. The third-order valence-electron chi connectivity index (χ3n) is 17.2. The molecule has 8 aromatic heterocycles. The number of nitrogens with zero attached hydrogens (tertiary/aromatic N) is 14. The number of piperazine rings is 1. The number of nitrogens with one attached hydrogen (secondary N) is 6. The highest BCUT2D eigenvalue weighted by molar-refractivity contribution is 6.33. The maximum Gasteiger partial charge on any atom is 0.289 e. The lowest BCUT2D eigenvalue weighted by Crippen LogP contribution is -2.49. The van der Waals surface area contributed by atoms with Crippen molar-refractivity contribution in [3.63, 3.8) is 0 Å². The number of ether oxygens (including phenoxy) is 6. The van der Waals surface area contributed by atoms with Crippen molar-refractivity contribution in [3.05, 3.63) is 221 Å². The van der Waals surface area contributed by atoms with E-state index in [0.29, 0.717) is 154 Å². The van der Waals surface area contributed by atoms with E-state index in [1.807, 2.05) is 85.9 Å². The second-order valence-corrected chi connectivity index (χ2v) is 25.6. The van der Waals surface area contributed by atoms with Gasteiger partial charge in [0.05, 0.1) is 114 Å². The molecule has 2 fully saturated rings. The molecule has 32 heteroatoms. The number of aromatic amines is 3. The van der Waals surface area contributed by atoms with Crippen molar-refractivity contribution in [1.29, 1.82) is 0 Å². The number of fused-ring (bicyclic) bond motifs is 3. The molecule has 2 saturated heterocycles. The number of aliphatic hydroxyl groups excluding tert-OH is 1. The van der Waals surface area contributed by atoms with Crippen LogP contribution in [0.15, 0.2) is 181 Å². The van der Waals surface area contributed by atoms with E-state index in [1.54, 1.807) is 122 Å². The summed E-state index contributed by atoms with van der Waals surface area (Å²) in [5.74, 6) is 9.78. The molecule has 16 rings (SSSR count). The Labute approximate surface area is 627 Å².